The zero-order valence-corrected chi connectivity index (χ0v) is 9.89. The van der Waals surface area contributed by atoms with Crippen LogP contribution >= 0.6 is 0 Å². The first-order chi connectivity index (χ1) is 8.43. The first-order valence-electron chi connectivity index (χ1n) is 6.25. The molecule has 2 aromatic rings. The Morgan fingerprint density at radius 3 is 2.41 bits per heavy atom. The highest BCUT2D eigenvalue weighted by Gasteiger charge is 2.12. The Kier molecular flexibility index (Phi) is 2.79. The smallest absolute Gasteiger partial charge is 0.00854 e. The topological polar surface area (TPSA) is 0 Å². The number of hydrogen-bond donors (Lipinski definition) is 0. The quantitative estimate of drug-likeness (QED) is 0.725. The standard InChI is InChI=1S/C17H16/c1-2-6-14(7-3-1)10-11-16-13-12-15-8-4-5-9-17(15)16/h1-9,13H,10-12H2. The van der Waals surface area contributed by atoms with Crippen molar-refractivity contribution in [2.24, 2.45) is 0 Å². The molecule has 0 nitrogen and oxygen atoms in total. The highest BCUT2D eigenvalue weighted by Crippen LogP contribution is 2.30. The van der Waals surface area contributed by atoms with E-state index in [1.807, 2.05) is 0 Å². The van der Waals surface area contributed by atoms with Crippen molar-refractivity contribution in [1.29, 1.82) is 0 Å². The van der Waals surface area contributed by atoms with Gasteiger partial charge in [-0.2, -0.15) is 0 Å². The minimum absolute atomic E-state index is 1.11. The van der Waals surface area contributed by atoms with E-state index in [1.165, 1.54) is 22.3 Å². The average Bonchev–Trinajstić information content (AvgIpc) is 2.81. The van der Waals surface area contributed by atoms with Crippen molar-refractivity contribution in [3.05, 3.63) is 77.4 Å². The summed E-state index contributed by atoms with van der Waals surface area (Å²) in [4.78, 5) is 0. The van der Waals surface area contributed by atoms with Crippen LogP contribution in [0.2, 0.25) is 0 Å². The minimum atomic E-state index is 1.11. The van der Waals surface area contributed by atoms with Crippen LogP contribution in [0.15, 0.2) is 60.7 Å². The second kappa shape index (κ2) is 4.58. The molecule has 1 aliphatic rings. The average molecular weight is 220 g/mol. The second-order valence-electron chi connectivity index (χ2n) is 4.58. The largest absolute Gasteiger partial charge is 0.0763 e. The van der Waals surface area contributed by atoms with Crippen LogP contribution in [0, 0.1) is 0 Å². The molecule has 0 saturated heterocycles. The predicted molar refractivity (Wildman–Crippen MR) is 72.9 cm³/mol. The lowest BCUT2D eigenvalue weighted by atomic mass is 9.99. The molecule has 0 atom stereocenters. The molecule has 0 spiro atoms. The third-order valence-corrected chi connectivity index (χ3v) is 3.46. The second-order valence-corrected chi connectivity index (χ2v) is 4.58. The molecule has 3 rings (SSSR count). The molecule has 0 N–H and O–H groups in total. The van der Waals surface area contributed by atoms with Gasteiger partial charge in [-0.25, -0.2) is 0 Å². The predicted octanol–water partition coefficient (Wildman–Crippen LogP) is 4.26. The number of benzene rings is 2. The van der Waals surface area contributed by atoms with Crippen LogP contribution in [-0.2, 0) is 12.8 Å². The molecule has 0 unspecified atom stereocenters. The third kappa shape index (κ3) is 2.16. The zero-order valence-electron chi connectivity index (χ0n) is 9.89. The van der Waals surface area contributed by atoms with E-state index >= 15 is 0 Å². The van der Waals surface area contributed by atoms with Gasteiger partial charge in [0.1, 0.15) is 0 Å². The van der Waals surface area contributed by atoms with Crippen molar-refractivity contribution in [1.82, 2.24) is 0 Å². The normalized spacial score (nSPS) is 13.3. The molecule has 0 aromatic heterocycles. The van der Waals surface area contributed by atoms with E-state index in [2.05, 4.69) is 60.7 Å². The van der Waals surface area contributed by atoms with Crippen LogP contribution in [0.1, 0.15) is 23.1 Å². The summed E-state index contributed by atoms with van der Waals surface area (Å²) in [7, 11) is 0. The first-order valence-corrected chi connectivity index (χ1v) is 6.25. The molecule has 0 radical (unpaired) electrons. The van der Waals surface area contributed by atoms with Crippen LogP contribution in [-0.4, -0.2) is 0 Å². The van der Waals surface area contributed by atoms with Gasteiger partial charge in [0.25, 0.3) is 0 Å². The van der Waals surface area contributed by atoms with Crippen molar-refractivity contribution < 1.29 is 0 Å². The Bertz CT molecular complexity index is 535. The molecular formula is C17H16. The summed E-state index contributed by atoms with van der Waals surface area (Å²) >= 11 is 0. The van der Waals surface area contributed by atoms with Gasteiger partial charge in [0, 0.05) is 0 Å². The van der Waals surface area contributed by atoms with Crippen molar-refractivity contribution >= 4 is 5.57 Å². The molecule has 0 bridgehead atoms. The lowest BCUT2D eigenvalue weighted by Crippen LogP contribution is -1.88. The van der Waals surface area contributed by atoms with Gasteiger partial charge in [-0.3, -0.25) is 0 Å². The maximum atomic E-state index is 2.38. The van der Waals surface area contributed by atoms with Crippen LogP contribution in [0.25, 0.3) is 5.57 Å². The molecule has 17 heavy (non-hydrogen) atoms. The Morgan fingerprint density at radius 2 is 1.53 bits per heavy atom. The van der Waals surface area contributed by atoms with Gasteiger partial charge in [-0.1, -0.05) is 60.7 Å². The van der Waals surface area contributed by atoms with Gasteiger partial charge in [0.2, 0.25) is 0 Å². The maximum absolute atomic E-state index is 2.38. The number of fused-ring (bicyclic) bond motifs is 1. The summed E-state index contributed by atoms with van der Waals surface area (Å²) in [6, 6.07) is 19.5. The molecule has 0 saturated carbocycles. The van der Waals surface area contributed by atoms with E-state index in [0.29, 0.717) is 0 Å². The van der Waals surface area contributed by atoms with Gasteiger partial charge in [-0.05, 0) is 41.5 Å². The molecular weight excluding hydrogens is 204 g/mol. The fraction of sp³-hybridized carbons (Fsp3) is 0.176. The van der Waals surface area contributed by atoms with Gasteiger partial charge in [0.05, 0.1) is 0 Å². The maximum Gasteiger partial charge on any atom is -0.00854 e. The highest BCUT2D eigenvalue weighted by atomic mass is 14.2. The fourth-order valence-corrected chi connectivity index (χ4v) is 2.52. The molecule has 1 aliphatic carbocycles. The third-order valence-electron chi connectivity index (χ3n) is 3.46. The number of aryl methyl sites for hydroxylation is 1. The molecule has 2 aromatic carbocycles. The van der Waals surface area contributed by atoms with E-state index < -0.39 is 0 Å². The Labute approximate surface area is 103 Å². The van der Waals surface area contributed by atoms with E-state index in [1.54, 1.807) is 0 Å². The number of hydrogen-bond acceptors (Lipinski definition) is 0. The van der Waals surface area contributed by atoms with Crippen molar-refractivity contribution in [3.63, 3.8) is 0 Å². The molecule has 0 aliphatic heterocycles. The SMILES string of the molecule is C1=C(CCc2ccccc2)c2ccccc2C1. The van der Waals surface area contributed by atoms with Crippen LogP contribution in [0.5, 0.6) is 0 Å². The van der Waals surface area contributed by atoms with Crippen molar-refractivity contribution in [3.8, 4) is 0 Å². The lowest BCUT2D eigenvalue weighted by molar-refractivity contribution is 1.02. The number of rotatable bonds is 3. The molecule has 0 amide bonds. The van der Waals surface area contributed by atoms with Gasteiger partial charge < -0.3 is 0 Å². The minimum Gasteiger partial charge on any atom is -0.0763 e. The molecule has 0 fully saturated rings. The summed E-state index contributed by atoms with van der Waals surface area (Å²) in [6.07, 6.45) is 5.79. The molecule has 0 heteroatoms. The van der Waals surface area contributed by atoms with Crippen molar-refractivity contribution in [2.45, 2.75) is 19.3 Å². The van der Waals surface area contributed by atoms with Crippen molar-refractivity contribution in [2.75, 3.05) is 0 Å². The van der Waals surface area contributed by atoms with Crippen LogP contribution < -0.4 is 0 Å². The summed E-state index contributed by atoms with van der Waals surface area (Å²) in [5, 5.41) is 0. The van der Waals surface area contributed by atoms with Gasteiger partial charge >= 0.3 is 0 Å². The van der Waals surface area contributed by atoms with Crippen LogP contribution in [0.4, 0.5) is 0 Å². The summed E-state index contributed by atoms with van der Waals surface area (Å²) in [6.45, 7) is 0. The molecule has 84 valence electrons. The number of allylic oxidation sites excluding steroid dienone is 2. The van der Waals surface area contributed by atoms with E-state index in [-0.39, 0.29) is 0 Å². The first kappa shape index (κ1) is 10.3. The zero-order chi connectivity index (χ0) is 11.5. The molecule has 0 heterocycles. The Balaban J connectivity index is 1.72. The van der Waals surface area contributed by atoms with E-state index in [4.69, 9.17) is 0 Å². The highest BCUT2D eigenvalue weighted by molar-refractivity contribution is 5.73. The van der Waals surface area contributed by atoms with Crippen LogP contribution in [0.3, 0.4) is 0 Å². The van der Waals surface area contributed by atoms with E-state index in [9.17, 15) is 0 Å². The summed E-state index contributed by atoms with van der Waals surface area (Å²) in [5.41, 5.74) is 5.89. The Hall–Kier alpha value is -1.82. The lowest BCUT2D eigenvalue weighted by Gasteiger charge is -2.05. The Morgan fingerprint density at radius 1 is 0.765 bits per heavy atom. The van der Waals surface area contributed by atoms with E-state index in [0.717, 1.165) is 19.3 Å². The van der Waals surface area contributed by atoms with Gasteiger partial charge in [-0.15, -0.1) is 0 Å². The summed E-state index contributed by atoms with van der Waals surface area (Å²) in [5.74, 6) is 0. The summed E-state index contributed by atoms with van der Waals surface area (Å²) < 4.78 is 0. The van der Waals surface area contributed by atoms with Gasteiger partial charge in [0.15, 0.2) is 0 Å². The monoisotopic (exact) mass is 220 g/mol. The fourth-order valence-electron chi connectivity index (χ4n) is 2.52.